The maximum atomic E-state index is 12.3. The van der Waals surface area contributed by atoms with Crippen LogP contribution < -0.4 is 16.4 Å². The van der Waals surface area contributed by atoms with Gasteiger partial charge in [0, 0.05) is 55.0 Å². The van der Waals surface area contributed by atoms with Gasteiger partial charge in [0.15, 0.2) is 0 Å². The fourth-order valence-corrected chi connectivity index (χ4v) is 2.75. The summed E-state index contributed by atoms with van der Waals surface area (Å²) >= 11 is 0. The van der Waals surface area contributed by atoms with E-state index in [0.29, 0.717) is 30.6 Å². The first kappa shape index (κ1) is 20.2. The van der Waals surface area contributed by atoms with Crippen molar-refractivity contribution in [3.63, 3.8) is 0 Å². The fraction of sp³-hybridized carbons (Fsp3) is 0.182. The van der Waals surface area contributed by atoms with Gasteiger partial charge < -0.3 is 16.4 Å². The number of carbonyl (C=O) groups is 2. The van der Waals surface area contributed by atoms with Gasteiger partial charge in [-0.25, -0.2) is 0 Å². The SMILES string of the molecule is NC(CNC(=O)CCc1cccnc1)c1ccc(C(=O)Nc2ccncc2)cc1. The quantitative estimate of drug-likeness (QED) is 0.548. The predicted octanol–water partition coefficient (Wildman–Crippen LogP) is 2.48. The van der Waals surface area contributed by atoms with Gasteiger partial charge in [-0.15, -0.1) is 0 Å². The Morgan fingerprint density at radius 2 is 1.72 bits per heavy atom. The maximum Gasteiger partial charge on any atom is 0.255 e. The summed E-state index contributed by atoms with van der Waals surface area (Å²) in [4.78, 5) is 32.3. The number of amides is 2. The molecule has 2 aromatic heterocycles. The van der Waals surface area contributed by atoms with E-state index in [4.69, 9.17) is 5.73 Å². The topological polar surface area (TPSA) is 110 Å². The molecule has 0 saturated heterocycles. The molecule has 3 rings (SSSR count). The normalized spacial score (nSPS) is 11.5. The van der Waals surface area contributed by atoms with Crippen LogP contribution in [-0.4, -0.2) is 28.3 Å². The molecule has 1 unspecified atom stereocenters. The minimum absolute atomic E-state index is 0.0577. The Kier molecular flexibility index (Phi) is 7.02. The van der Waals surface area contributed by atoms with E-state index in [0.717, 1.165) is 11.1 Å². The number of rotatable bonds is 8. The van der Waals surface area contributed by atoms with Crippen LogP contribution in [0, 0.1) is 0 Å². The van der Waals surface area contributed by atoms with Gasteiger partial charge in [0.1, 0.15) is 0 Å². The lowest BCUT2D eigenvalue weighted by molar-refractivity contribution is -0.121. The van der Waals surface area contributed by atoms with Crippen molar-refractivity contribution in [3.8, 4) is 0 Å². The van der Waals surface area contributed by atoms with Gasteiger partial charge in [-0.2, -0.15) is 0 Å². The van der Waals surface area contributed by atoms with E-state index >= 15 is 0 Å². The number of anilines is 1. The molecule has 0 aliphatic heterocycles. The molecule has 0 bridgehead atoms. The molecule has 3 aromatic rings. The van der Waals surface area contributed by atoms with Gasteiger partial charge in [0.2, 0.25) is 5.91 Å². The minimum Gasteiger partial charge on any atom is -0.354 e. The summed E-state index contributed by atoms with van der Waals surface area (Å²) in [5, 5.41) is 5.65. The number of carbonyl (C=O) groups excluding carboxylic acids is 2. The highest BCUT2D eigenvalue weighted by atomic mass is 16.2. The van der Waals surface area contributed by atoms with Crippen LogP contribution in [0.3, 0.4) is 0 Å². The Morgan fingerprint density at radius 3 is 2.41 bits per heavy atom. The molecule has 7 heteroatoms. The smallest absolute Gasteiger partial charge is 0.255 e. The molecule has 2 amide bonds. The van der Waals surface area contributed by atoms with Crippen LogP contribution in [0.2, 0.25) is 0 Å². The Labute approximate surface area is 169 Å². The highest BCUT2D eigenvalue weighted by molar-refractivity contribution is 6.04. The minimum atomic E-state index is -0.352. The van der Waals surface area contributed by atoms with Crippen LogP contribution in [0.4, 0.5) is 5.69 Å². The molecule has 1 aromatic carbocycles. The van der Waals surface area contributed by atoms with Gasteiger partial charge in [-0.3, -0.25) is 19.6 Å². The lowest BCUT2D eigenvalue weighted by atomic mass is 10.0. The van der Waals surface area contributed by atoms with Crippen molar-refractivity contribution in [1.82, 2.24) is 15.3 Å². The number of aryl methyl sites for hydroxylation is 1. The number of nitrogens with two attached hydrogens (primary N) is 1. The van der Waals surface area contributed by atoms with Crippen molar-refractivity contribution in [2.24, 2.45) is 5.73 Å². The van der Waals surface area contributed by atoms with Gasteiger partial charge in [0.05, 0.1) is 0 Å². The standard InChI is InChI=1S/C22H23N5O2/c23-20(15-26-21(28)8-3-16-2-1-11-25-14-16)17-4-6-18(7-5-17)22(29)27-19-9-12-24-13-10-19/h1-2,4-7,9-14,20H,3,8,15,23H2,(H,26,28)(H,24,27,29). The van der Waals surface area contributed by atoms with Gasteiger partial charge in [-0.1, -0.05) is 18.2 Å². The van der Waals surface area contributed by atoms with Gasteiger partial charge in [-0.05, 0) is 47.9 Å². The van der Waals surface area contributed by atoms with Gasteiger partial charge >= 0.3 is 0 Å². The average Bonchev–Trinajstić information content (AvgIpc) is 2.77. The third-order valence-electron chi connectivity index (χ3n) is 4.42. The van der Waals surface area contributed by atoms with E-state index in [1.54, 1.807) is 61.2 Å². The zero-order chi connectivity index (χ0) is 20.5. The molecule has 4 N–H and O–H groups in total. The average molecular weight is 389 g/mol. The number of nitrogens with one attached hydrogen (secondary N) is 2. The van der Waals surface area contributed by atoms with Gasteiger partial charge in [0.25, 0.3) is 5.91 Å². The van der Waals surface area contributed by atoms with Crippen molar-refractivity contribution in [1.29, 1.82) is 0 Å². The third-order valence-corrected chi connectivity index (χ3v) is 4.42. The second-order valence-electron chi connectivity index (χ2n) is 6.58. The van der Waals surface area contributed by atoms with Crippen LogP contribution >= 0.6 is 0 Å². The van der Waals surface area contributed by atoms with E-state index in [9.17, 15) is 9.59 Å². The van der Waals surface area contributed by atoms with Crippen LogP contribution in [0.25, 0.3) is 0 Å². The molecule has 148 valence electrons. The molecule has 29 heavy (non-hydrogen) atoms. The third kappa shape index (κ3) is 6.22. The highest BCUT2D eigenvalue weighted by Crippen LogP contribution is 2.13. The zero-order valence-electron chi connectivity index (χ0n) is 15.9. The fourth-order valence-electron chi connectivity index (χ4n) is 2.75. The highest BCUT2D eigenvalue weighted by Gasteiger charge is 2.11. The van der Waals surface area contributed by atoms with Crippen molar-refractivity contribution in [3.05, 3.63) is 90.0 Å². The number of hydrogen-bond donors (Lipinski definition) is 3. The number of hydrogen-bond acceptors (Lipinski definition) is 5. The lowest BCUT2D eigenvalue weighted by Gasteiger charge is -2.14. The molecule has 0 fully saturated rings. The summed E-state index contributed by atoms with van der Waals surface area (Å²) in [7, 11) is 0. The summed E-state index contributed by atoms with van der Waals surface area (Å²) in [5.41, 5.74) is 9.24. The first-order chi connectivity index (χ1) is 14.1. The molecular weight excluding hydrogens is 366 g/mol. The molecule has 1 atom stereocenters. The largest absolute Gasteiger partial charge is 0.354 e. The molecule has 2 heterocycles. The zero-order valence-corrected chi connectivity index (χ0v) is 15.9. The molecule has 0 spiro atoms. The summed E-state index contributed by atoms with van der Waals surface area (Å²) in [5.74, 6) is -0.266. The van der Waals surface area contributed by atoms with E-state index in [1.807, 2.05) is 12.1 Å². The molecular formula is C22H23N5O2. The van der Waals surface area contributed by atoms with Crippen molar-refractivity contribution < 1.29 is 9.59 Å². The van der Waals surface area contributed by atoms with E-state index in [1.165, 1.54) is 0 Å². The number of pyridine rings is 2. The van der Waals surface area contributed by atoms with Crippen LogP contribution in [0.1, 0.15) is 33.9 Å². The molecule has 7 nitrogen and oxygen atoms in total. The summed E-state index contributed by atoms with van der Waals surface area (Å²) in [6, 6.07) is 13.9. The first-order valence-corrected chi connectivity index (χ1v) is 9.34. The second-order valence-corrected chi connectivity index (χ2v) is 6.58. The Bertz CT molecular complexity index is 930. The van der Waals surface area contributed by atoms with Crippen molar-refractivity contribution in [2.75, 3.05) is 11.9 Å². The molecule has 0 saturated carbocycles. The van der Waals surface area contributed by atoms with Crippen LogP contribution in [-0.2, 0) is 11.2 Å². The van der Waals surface area contributed by atoms with Crippen molar-refractivity contribution >= 4 is 17.5 Å². The first-order valence-electron chi connectivity index (χ1n) is 9.34. The Hall–Kier alpha value is -3.58. The summed E-state index contributed by atoms with van der Waals surface area (Å²) in [6.45, 7) is 0.328. The molecule has 0 aliphatic carbocycles. The molecule has 0 radical (unpaired) electrons. The maximum absolute atomic E-state index is 12.3. The lowest BCUT2D eigenvalue weighted by Crippen LogP contribution is -2.32. The monoisotopic (exact) mass is 389 g/mol. The second kappa shape index (κ2) is 10.1. The van der Waals surface area contributed by atoms with E-state index < -0.39 is 0 Å². The summed E-state index contributed by atoms with van der Waals surface area (Å²) < 4.78 is 0. The van der Waals surface area contributed by atoms with E-state index in [2.05, 4.69) is 20.6 Å². The van der Waals surface area contributed by atoms with Crippen molar-refractivity contribution in [2.45, 2.75) is 18.9 Å². The predicted molar refractivity (Wildman–Crippen MR) is 111 cm³/mol. The Morgan fingerprint density at radius 1 is 0.966 bits per heavy atom. The van der Waals surface area contributed by atoms with Crippen LogP contribution in [0.15, 0.2) is 73.3 Å². The van der Waals surface area contributed by atoms with Crippen LogP contribution in [0.5, 0.6) is 0 Å². The molecule has 0 aliphatic rings. The number of benzene rings is 1. The van der Waals surface area contributed by atoms with E-state index in [-0.39, 0.29) is 17.9 Å². The number of nitrogens with zero attached hydrogens (tertiary/aromatic N) is 2. The Balaban J connectivity index is 1.46. The number of aromatic nitrogens is 2. The summed E-state index contributed by atoms with van der Waals surface area (Å²) in [6.07, 6.45) is 7.70.